The van der Waals surface area contributed by atoms with Crippen LogP contribution in [0.15, 0.2) is 41.6 Å². The SMILES string of the molecule is C=CCN(CCO)Cc1nc(-c2ccccn2)no1. The number of aliphatic hydroxyl groups excluding tert-OH is 1. The summed E-state index contributed by atoms with van der Waals surface area (Å²) in [6.45, 7) is 5.42. The maximum Gasteiger partial charge on any atom is 0.241 e. The molecule has 0 aliphatic heterocycles. The van der Waals surface area contributed by atoms with Crippen molar-refractivity contribution < 1.29 is 9.63 Å². The van der Waals surface area contributed by atoms with Crippen molar-refractivity contribution in [2.75, 3.05) is 19.7 Å². The van der Waals surface area contributed by atoms with Gasteiger partial charge in [0, 0.05) is 19.3 Å². The quantitative estimate of drug-likeness (QED) is 0.752. The molecule has 0 saturated heterocycles. The van der Waals surface area contributed by atoms with Crippen molar-refractivity contribution >= 4 is 0 Å². The second-order valence-electron chi connectivity index (χ2n) is 3.97. The minimum Gasteiger partial charge on any atom is -0.395 e. The molecule has 0 aromatic carbocycles. The Morgan fingerprint density at radius 1 is 1.42 bits per heavy atom. The van der Waals surface area contributed by atoms with Crippen LogP contribution in [0.25, 0.3) is 11.5 Å². The molecule has 6 heteroatoms. The highest BCUT2D eigenvalue weighted by molar-refractivity contribution is 5.46. The van der Waals surface area contributed by atoms with Gasteiger partial charge >= 0.3 is 0 Å². The van der Waals surface area contributed by atoms with Gasteiger partial charge in [-0.05, 0) is 12.1 Å². The highest BCUT2D eigenvalue weighted by Gasteiger charge is 2.12. The van der Waals surface area contributed by atoms with E-state index in [1.807, 2.05) is 23.1 Å². The van der Waals surface area contributed by atoms with Crippen LogP contribution in [-0.2, 0) is 6.54 Å². The number of hydrogen-bond acceptors (Lipinski definition) is 6. The molecule has 0 amide bonds. The van der Waals surface area contributed by atoms with E-state index in [-0.39, 0.29) is 6.61 Å². The zero-order chi connectivity index (χ0) is 13.5. The summed E-state index contributed by atoms with van der Waals surface area (Å²) in [5.41, 5.74) is 0.676. The van der Waals surface area contributed by atoms with Gasteiger partial charge in [-0.25, -0.2) is 0 Å². The standard InChI is InChI=1S/C13H16N4O2/c1-2-7-17(8-9-18)10-12-15-13(16-19-12)11-5-3-4-6-14-11/h2-6,18H,1,7-10H2. The molecule has 0 unspecified atom stereocenters. The highest BCUT2D eigenvalue weighted by Crippen LogP contribution is 2.12. The molecule has 2 aromatic rings. The fraction of sp³-hybridized carbons (Fsp3) is 0.308. The van der Waals surface area contributed by atoms with Crippen LogP contribution in [0.3, 0.4) is 0 Å². The third kappa shape index (κ3) is 3.70. The summed E-state index contributed by atoms with van der Waals surface area (Å²) < 4.78 is 5.18. The van der Waals surface area contributed by atoms with E-state index in [9.17, 15) is 0 Å². The molecule has 1 N–H and O–H groups in total. The second-order valence-corrected chi connectivity index (χ2v) is 3.97. The van der Waals surface area contributed by atoms with Gasteiger partial charge in [0.15, 0.2) is 0 Å². The topological polar surface area (TPSA) is 75.3 Å². The van der Waals surface area contributed by atoms with E-state index >= 15 is 0 Å². The molecule has 0 atom stereocenters. The molecule has 2 heterocycles. The fourth-order valence-corrected chi connectivity index (χ4v) is 1.67. The largest absolute Gasteiger partial charge is 0.395 e. The van der Waals surface area contributed by atoms with E-state index in [1.165, 1.54) is 0 Å². The third-order valence-corrected chi connectivity index (χ3v) is 2.52. The molecule has 0 fully saturated rings. The van der Waals surface area contributed by atoms with E-state index in [1.54, 1.807) is 12.3 Å². The molecule has 0 radical (unpaired) electrons. The molecular weight excluding hydrogens is 244 g/mol. The molecule has 0 saturated carbocycles. The lowest BCUT2D eigenvalue weighted by atomic mass is 10.3. The maximum atomic E-state index is 8.97. The number of aromatic nitrogens is 3. The van der Waals surface area contributed by atoms with Crippen molar-refractivity contribution in [3.8, 4) is 11.5 Å². The van der Waals surface area contributed by atoms with Crippen LogP contribution >= 0.6 is 0 Å². The molecule has 6 nitrogen and oxygen atoms in total. The summed E-state index contributed by atoms with van der Waals surface area (Å²) in [6.07, 6.45) is 3.45. The molecular formula is C13H16N4O2. The Labute approximate surface area is 111 Å². The number of nitrogens with zero attached hydrogens (tertiary/aromatic N) is 4. The van der Waals surface area contributed by atoms with Gasteiger partial charge in [0.2, 0.25) is 11.7 Å². The number of rotatable bonds is 7. The zero-order valence-electron chi connectivity index (χ0n) is 10.6. The van der Waals surface area contributed by atoms with Crippen LogP contribution in [0.2, 0.25) is 0 Å². The van der Waals surface area contributed by atoms with E-state index in [0.29, 0.717) is 37.0 Å². The van der Waals surface area contributed by atoms with Crippen molar-refractivity contribution in [1.29, 1.82) is 0 Å². The molecule has 100 valence electrons. The van der Waals surface area contributed by atoms with Crippen LogP contribution in [-0.4, -0.2) is 44.8 Å². The lowest BCUT2D eigenvalue weighted by Crippen LogP contribution is -2.26. The summed E-state index contributed by atoms with van der Waals surface area (Å²) in [5, 5.41) is 12.9. The Morgan fingerprint density at radius 2 is 2.32 bits per heavy atom. The molecule has 0 spiro atoms. The van der Waals surface area contributed by atoms with Gasteiger partial charge in [-0.3, -0.25) is 9.88 Å². The highest BCUT2D eigenvalue weighted by atomic mass is 16.5. The Balaban J connectivity index is 2.06. The Kier molecular flexibility index (Phi) is 4.77. The fourth-order valence-electron chi connectivity index (χ4n) is 1.67. The van der Waals surface area contributed by atoms with E-state index < -0.39 is 0 Å². The van der Waals surface area contributed by atoms with Gasteiger partial charge in [0.05, 0.1) is 13.2 Å². The molecule has 2 rings (SSSR count). The molecule has 0 bridgehead atoms. The van der Waals surface area contributed by atoms with Gasteiger partial charge in [-0.2, -0.15) is 4.98 Å². The van der Waals surface area contributed by atoms with Crippen molar-refractivity contribution in [3.05, 3.63) is 42.9 Å². The van der Waals surface area contributed by atoms with Crippen molar-refractivity contribution in [2.45, 2.75) is 6.54 Å². The third-order valence-electron chi connectivity index (χ3n) is 2.52. The Morgan fingerprint density at radius 3 is 3.00 bits per heavy atom. The summed E-state index contributed by atoms with van der Waals surface area (Å²) in [4.78, 5) is 10.4. The van der Waals surface area contributed by atoms with Crippen LogP contribution in [0, 0.1) is 0 Å². The van der Waals surface area contributed by atoms with Gasteiger partial charge in [0.25, 0.3) is 0 Å². The first kappa shape index (κ1) is 13.4. The first-order chi connectivity index (χ1) is 9.33. The molecule has 19 heavy (non-hydrogen) atoms. The monoisotopic (exact) mass is 260 g/mol. The number of hydrogen-bond donors (Lipinski definition) is 1. The van der Waals surface area contributed by atoms with Gasteiger partial charge in [0.1, 0.15) is 5.69 Å². The van der Waals surface area contributed by atoms with Crippen molar-refractivity contribution in [3.63, 3.8) is 0 Å². The predicted octanol–water partition coefficient (Wildman–Crippen LogP) is 1.11. The minimum atomic E-state index is 0.0784. The first-order valence-corrected chi connectivity index (χ1v) is 6.01. The molecule has 0 aliphatic carbocycles. The van der Waals surface area contributed by atoms with E-state index in [2.05, 4.69) is 21.7 Å². The average molecular weight is 260 g/mol. The van der Waals surface area contributed by atoms with Crippen LogP contribution in [0.4, 0.5) is 0 Å². The van der Waals surface area contributed by atoms with Crippen molar-refractivity contribution in [1.82, 2.24) is 20.0 Å². The first-order valence-electron chi connectivity index (χ1n) is 6.01. The van der Waals surface area contributed by atoms with E-state index in [4.69, 9.17) is 9.63 Å². The maximum absolute atomic E-state index is 8.97. The summed E-state index contributed by atoms with van der Waals surface area (Å²) >= 11 is 0. The number of pyridine rings is 1. The van der Waals surface area contributed by atoms with Gasteiger partial charge in [-0.1, -0.05) is 17.3 Å². The minimum absolute atomic E-state index is 0.0784. The average Bonchev–Trinajstić information content (AvgIpc) is 2.89. The Hall–Kier alpha value is -2.05. The smallest absolute Gasteiger partial charge is 0.241 e. The zero-order valence-corrected chi connectivity index (χ0v) is 10.6. The lowest BCUT2D eigenvalue weighted by molar-refractivity contribution is 0.186. The van der Waals surface area contributed by atoms with Crippen LogP contribution in [0.1, 0.15) is 5.89 Å². The summed E-state index contributed by atoms with van der Waals surface area (Å²) in [6, 6.07) is 5.52. The molecule has 0 aliphatic rings. The van der Waals surface area contributed by atoms with E-state index in [0.717, 1.165) is 0 Å². The van der Waals surface area contributed by atoms with Crippen LogP contribution < -0.4 is 0 Å². The number of aliphatic hydroxyl groups is 1. The normalized spacial score (nSPS) is 10.8. The lowest BCUT2D eigenvalue weighted by Gasteiger charge is -2.16. The molecule has 2 aromatic heterocycles. The predicted molar refractivity (Wildman–Crippen MR) is 70.1 cm³/mol. The van der Waals surface area contributed by atoms with Crippen LogP contribution in [0.5, 0.6) is 0 Å². The van der Waals surface area contributed by atoms with Crippen molar-refractivity contribution in [2.24, 2.45) is 0 Å². The van der Waals surface area contributed by atoms with Gasteiger partial charge in [-0.15, -0.1) is 6.58 Å². The second kappa shape index (κ2) is 6.77. The summed E-state index contributed by atoms with van der Waals surface area (Å²) in [7, 11) is 0. The summed E-state index contributed by atoms with van der Waals surface area (Å²) in [5.74, 6) is 0.967. The van der Waals surface area contributed by atoms with Gasteiger partial charge < -0.3 is 9.63 Å². The Bertz CT molecular complexity index is 512.